The van der Waals surface area contributed by atoms with Crippen molar-refractivity contribution >= 4 is 22.9 Å². The van der Waals surface area contributed by atoms with E-state index in [1.165, 1.54) is 0 Å². The number of hydrogen-bond donors (Lipinski definition) is 0. The van der Waals surface area contributed by atoms with E-state index in [2.05, 4.69) is 15.1 Å². The monoisotopic (exact) mass is 405 g/mol. The second-order valence-corrected chi connectivity index (χ2v) is 8.33. The highest BCUT2D eigenvalue weighted by molar-refractivity contribution is 8.09. The number of halogens is 3. The molecule has 0 amide bonds. The third-order valence-electron chi connectivity index (χ3n) is 5.29. The number of rotatable bonds is 3. The number of nitrogens with zero attached hydrogens (tertiary/aromatic N) is 3. The number of aliphatic imine (C=N–C) groups is 1. The summed E-state index contributed by atoms with van der Waals surface area (Å²) in [6.45, 7) is 3.90. The molecule has 0 spiro atoms. The Balaban J connectivity index is 1.67. The van der Waals surface area contributed by atoms with Gasteiger partial charge >= 0.3 is 6.18 Å². The van der Waals surface area contributed by atoms with Gasteiger partial charge in [-0.15, -0.1) is 11.8 Å². The molecule has 1 aromatic carbocycles. The van der Waals surface area contributed by atoms with Gasteiger partial charge in [-0.1, -0.05) is 41.6 Å². The van der Waals surface area contributed by atoms with Crippen LogP contribution < -0.4 is 0 Å². The number of aromatic nitrogens is 2. The first-order chi connectivity index (χ1) is 13.3. The summed E-state index contributed by atoms with van der Waals surface area (Å²) in [5.41, 5.74) is 1.11. The lowest BCUT2D eigenvalue weighted by atomic mass is 9.79. The van der Waals surface area contributed by atoms with Crippen molar-refractivity contribution in [3.63, 3.8) is 0 Å². The molecule has 2 aliphatic heterocycles. The van der Waals surface area contributed by atoms with Crippen LogP contribution in [-0.4, -0.2) is 27.8 Å². The second kappa shape index (κ2) is 6.92. The Hall–Kier alpha value is -2.35. The Labute approximate surface area is 164 Å². The molecule has 0 saturated heterocycles. The summed E-state index contributed by atoms with van der Waals surface area (Å²) < 4.78 is 46.3. The SMILES string of the molecule is CC1=CN=CCC1(C)c1noc(C2=CC(c3ccccc3)C(C(F)(F)F)S2)n1. The first kappa shape index (κ1) is 19.0. The Kier molecular flexibility index (Phi) is 4.69. The van der Waals surface area contributed by atoms with Gasteiger partial charge in [0, 0.05) is 18.3 Å². The average molecular weight is 405 g/mol. The Morgan fingerprint density at radius 1 is 1.21 bits per heavy atom. The van der Waals surface area contributed by atoms with Crippen LogP contribution in [-0.2, 0) is 5.41 Å². The van der Waals surface area contributed by atoms with Crippen LogP contribution in [0, 0.1) is 0 Å². The molecule has 0 radical (unpaired) electrons. The highest BCUT2D eigenvalue weighted by Gasteiger charge is 2.49. The van der Waals surface area contributed by atoms with Crippen molar-refractivity contribution < 1.29 is 17.7 Å². The van der Waals surface area contributed by atoms with Crippen LogP contribution in [0.1, 0.15) is 43.5 Å². The molecule has 0 fully saturated rings. The summed E-state index contributed by atoms with van der Waals surface area (Å²) in [5.74, 6) is -0.213. The molecule has 0 bridgehead atoms. The van der Waals surface area contributed by atoms with E-state index < -0.39 is 22.8 Å². The van der Waals surface area contributed by atoms with Crippen LogP contribution in [0.4, 0.5) is 13.2 Å². The maximum Gasteiger partial charge on any atom is 0.401 e. The van der Waals surface area contributed by atoms with E-state index in [1.807, 2.05) is 13.8 Å². The highest BCUT2D eigenvalue weighted by atomic mass is 32.2. The summed E-state index contributed by atoms with van der Waals surface area (Å²) in [6, 6.07) is 8.68. The van der Waals surface area contributed by atoms with Gasteiger partial charge in [0.05, 0.1) is 10.3 Å². The molecule has 0 saturated carbocycles. The number of hydrogen-bond acceptors (Lipinski definition) is 5. The summed E-state index contributed by atoms with van der Waals surface area (Å²) >= 11 is 0.732. The largest absolute Gasteiger partial charge is 0.401 e. The van der Waals surface area contributed by atoms with E-state index >= 15 is 0 Å². The van der Waals surface area contributed by atoms with Gasteiger partial charge in [0.1, 0.15) is 5.25 Å². The third-order valence-corrected chi connectivity index (χ3v) is 6.67. The van der Waals surface area contributed by atoms with Crippen LogP contribution in [0.5, 0.6) is 0 Å². The van der Waals surface area contributed by atoms with Crippen LogP contribution >= 0.6 is 11.8 Å². The van der Waals surface area contributed by atoms with Gasteiger partial charge in [-0.3, -0.25) is 4.99 Å². The molecule has 3 heterocycles. The Bertz CT molecular complexity index is 965. The molecule has 3 unspecified atom stereocenters. The normalized spacial score (nSPS) is 27.6. The van der Waals surface area contributed by atoms with Gasteiger partial charge in [-0.05, 0) is 31.4 Å². The van der Waals surface area contributed by atoms with Gasteiger partial charge in [0.15, 0.2) is 5.82 Å². The number of alkyl halides is 3. The number of thioether (sulfide) groups is 1. The smallest absolute Gasteiger partial charge is 0.333 e. The molecule has 1 aromatic heterocycles. The molecule has 3 atom stereocenters. The minimum atomic E-state index is -4.35. The lowest BCUT2D eigenvalue weighted by Crippen LogP contribution is -2.28. The van der Waals surface area contributed by atoms with E-state index in [-0.39, 0.29) is 5.89 Å². The zero-order valence-corrected chi connectivity index (χ0v) is 16.1. The predicted octanol–water partition coefficient (Wildman–Crippen LogP) is 5.51. The first-order valence-corrected chi connectivity index (χ1v) is 9.70. The molecule has 2 aliphatic rings. The summed E-state index contributed by atoms with van der Waals surface area (Å²) in [7, 11) is 0. The quantitative estimate of drug-likeness (QED) is 0.676. The van der Waals surface area contributed by atoms with E-state index in [0.29, 0.717) is 22.7 Å². The van der Waals surface area contributed by atoms with Crippen molar-refractivity contribution in [1.29, 1.82) is 0 Å². The Morgan fingerprint density at radius 3 is 2.64 bits per heavy atom. The minimum absolute atomic E-state index is 0.129. The van der Waals surface area contributed by atoms with Gasteiger partial charge < -0.3 is 4.52 Å². The van der Waals surface area contributed by atoms with Gasteiger partial charge in [-0.2, -0.15) is 18.2 Å². The average Bonchev–Trinajstić information content (AvgIpc) is 3.32. The first-order valence-electron chi connectivity index (χ1n) is 8.82. The van der Waals surface area contributed by atoms with Crippen LogP contribution in [0.3, 0.4) is 0 Å². The molecule has 28 heavy (non-hydrogen) atoms. The fourth-order valence-electron chi connectivity index (χ4n) is 3.36. The van der Waals surface area contributed by atoms with Crippen LogP contribution in [0.15, 0.2) is 57.7 Å². The maximum absolute atomic E-state index is 13.7. The third kappa shape index (κ3) is 3.30. The molecular formula is C20H18F3N3OS. The van der Waals surface area contributed by atoms with Gasteiger partial charge in [0.25, 0.3) is 5.89 Å². The lowest BCUT2D eigenvalue weighted by molar-refractivity contribution is -0.130. The Morgan fingerprint density at radius 2 is 1.96 bits per heavy atom. The summed E-state index contributed by atoms with van der Waals surface area (Å²) in [5, 5.41) is 2.48. The number of allylic oxidation sites excluding steroid dienone is 2. The molecule has 2 aromatic rings. The van der Waals surface area contributed by atoms with Crippen molar-refractivity contribution in [2.75, 3.05) is 0 Å². The lowest BCUT2D eigenvalue weighted by Gasteiger charge is -2.27. The molecule has 0 N–H and O–H groups in total. The van der Waals surface area contributed by atoms with E-state index in [0.717, 1.165) is 17.3 Å². The standard InChI is InChI=1S/C20H18F3N3OS/c1-12-11-24-9-8-19(12,2)18-25-17(27-26-18)15-10-14(13-6-4-3-5-7-13)16(28-15)20(21,22)23/h3-7,9-11,14,16H,8H2,1-2H3. The fourth-order valence-corrected chi connectivity index (χ4v) is 4.56. The zero-order chi connectivity index (χ0) is 19.9. The van der Waals surface area contributed by atoms with Crippen molar-refractivity contribution in [2.45, 2.75) is 43.0 Å². The van der Waals surface area contributed by atoms with Crippen LogP contribution in [0.25, 0.3) is 4.91 Å². The molecular weight excluding hydrogens is 387 g/mol. The molecule has 4 rings (SSSR count). The molecule has 0 aliphatic carbocycles. The number of benzene rings is 1. The second-order valence-electron chi connectivity index (χ2n) is 7.15. The van der Waals surface area contributed by atoms with Crippen molar-refractivity contribution in [1.82, 2.24) is 10.1 Å². The van der Waals surface area contributed by atoms with Gasteiger partial charge in [-0.25, -0.2) is 0 Å². The summed E-state index contributed by atoms with van der Waals surface area (Å²) in [4.78, 5) is 8.94. The van der Waals surface area contributed by atoms with Crippen molar-refractivity contribution in [3.8, 4) is 0 Å². The fraction of sp³-hybridized carbons (Fsp3) is 0.350. The molecule has 4 nitrogen and oxygen atoms in total. The molecule has 146 valence electrons. The van der Waals surface area contributed by atoms with E-state index in [1.54, 1.807) is 48.8 Å². The summed E-state index contributed by atoms with van der Waals surface area (Å²) in [6.07, 6.45) is 1.37. The van der Waals surface area contributed by atoms with Gasteiger partial charge in [0.2, 0.25) is 0 Å². The topological polar surface area (TPSA) is 51.3 Å². The predicted molar refractivity (Wildman–Crippen MR) is 103 cm³/mol. The van der Waals surface area contributed by atoms with E-state index in [4.69, 9.17) is 4.52 Å². The van der Waals surface area contributed by atoms with E-state index in [9.17, 15) is 13.2 Å². The maximum atomic E-state index is 13.7. The van der Waals surface area contributed by atoms with Crippen molar-refractivity contribution in [3.05, 3.63) is 65.5 Å². The minimum Gasteiger partial charge on any atom is -0.333 e. The highest BCUT2D eigenvalue weighted by Crippen LogP contribution is 2.52. The van der Waals surface area contributed by atoms with Crippen LogP contribution in [0.2, 0.25) is 0 Å². The zero-order valence-electron chi connectivity index (χ0n) is 15.3. The van der Waals surface area contributed by atoms with Crippen molar-refractivity contribution in [2.24, 2.45) is 4.99 Å². The molecule has 8 heteroatoms.